The molecule has 34 heavy (non-hydrogen) atoms. The Hall–Kier alpha value is -3.85. The summed E-state index contributed by atoms with van der Waals surface area (Å²) in [4.78, 5) is 24.4. The molecule has 0 aliphatic heterocycles. The zero-order valence-electron chi connectivity index (χ0n) is 19.1. The summed E-state index contributed by atoms with van der Waals surface area (Å²) in [6.45, 7) is 3.60. The van der Waals surface area contributed by atoms with E-state index < -0.39 is 21.9 Å². The molecule has 3 aromatic carbocycles. The molecule has 0 saturated heterocycles. The molecule has 0 heterocycles. The van der Waals surface area contributed by atoms with Crippen LogP contribution in [-0.4, -0.2) is 40.6 Å². The molecule has 0 aromatic heterocycles. The zero-order valence-corrected chi connectivity index (χ0v) is 20.0. The molecular formula is C25H26N2O6S. The van der Waals surface area contributed by atoms with E-state index in [9.17, 15) is 18.0 Å². The Balaban J connectivity index is 1.66. The van der Waals surface area contributed by atoms with Gasteiger partial charge in [-0.2, -0.15) is 0 Å². The molecule has 0 aliphatic carbocycles. The summed E-state index contributed by atoms with van der Waals surface area (Å²) in [5.74, 6) is -0.630. The van der Waals surface area contributed by atoms with Crippen LogP contribution in [0.15, 0.2) is 77.7 Å². The van der Waals surface area contributed by atoms with Crippen LogP contribution in [0.5, 0.6) is 5.75 Å². The molecule has 1 amide bonds. The van der Waals surface area contributed by atoms with Gasteiger partial charge in [0.1, 0.15) is 5.75 Å². The SMILES string of the molecule is CCN(c1ccc(OCC(=O)Nc2ccccc2C(=O)OC)cc1)S(=O)(=O)c1ccc(C)cc1. The maximum Gasteiger partial charge on any atom is 0.339 e. The first kappa shape index (κ1) is 24.8. The topological polar surface area (TPSA) is 102 Å². The number of anilines is 2. The number of hydrogen-bond donors (Lipinski definition) is 1. The van der Waals surface area contributed by atoms with E-state index in [0.29, 0.717) is 17.1 Å². The van der Waals surface area contributed by atoms with E-state index in [4.69, 9.17) is 9.47 Å². The second kappa shape index (κ2) is 10.8. The Bertz CT molecular complexity index is 1260. The van der Waals surface area contributed by atoms with Crippen LogP contribution >= 0.6 is 0 Å². The van der Waals surface area contributed by atoms with Crippen LogP contribution in [0.3, 0.4) is 0 Å². The van der Waals surface area contributed by atoms with Crippen molar-refractivity contribution in [2.45, 2.75) is 18.7 Å². The molecule has 0 atom stereocenters. The number of carbonyl (C=O) groups is 2. The Labute approximate surface area is 199 Å². The number of benzene rings is 3. The molecule has 0 radical (unpaired) electrons. The highest BCUT2D eigenvalue weighted by atomic mass is 32.2. The van der Waals surface area contributed by atoms with Crippen molar-refractivity contribution in [1.82, 2.24) is 0 Å². The van der Waals surface area contributed by atoms with Gasteiger partial charge in [-0.3, -0.25) is 9.10 Å². The summed E-state index contributed by atoms with van der Waals surface area (Å²) in [6, 6.07) is 19.6. The predicted molar refractivity (Wildman–Crippen MR) is 130 cm³/mol. The molecule has 0 aliphatic rings. The average molecular weight is 483 g/mol. The molecule has 0 fully saturated rings. The van der Waals surface area contributed by atoms with Crippen LogP contribution in [0.4, 0.5) is 11.4 Å². The van der Waals surface area contributed by atoms with Crippen LogP contribution in [-0.2, 0) is 19.6 Å². The number of rotatable bonds is 9. The van der Waals surface area contributed by atoms with E-state index in [0.717, 1.165) is 5.56 Å². The molecule has 3 rings (SSSR count). The minimum atomic E-state index is -3.72. The Morgan fingerprint density at radius 1 is 0.941 bits per heavy atom. The first-order chi connectivity index (χ1) is 16.3. The van der Waals surface area contributed by atoms with Gasteiger partial charge in [-0.25, -0.2) is 13.2 Å². The maximum atomic E-state index is 13.1. The van der Waals surface area contributed by atoms with Gasteiger partial charge in [0.05, 0.1) is 28.9 Å². The number of sulfonamides is 1. The van der Waals surface area contributed by atoms with Gasteiger partial charge in [0.15, 0.2) is 6.61 Å². The van der Waals surface area contributed by atoms with Gasteiger partial charge in [-0.05, 0) is 62.4 Å². The summed E-state index contributed by atoms with van der Waals surface area (Å²) in [6.07, 6.45) is 0. The van der Waals surface area contributed by atoms with Crippen molar-refractivity contribution < 1.29 is 27.5 Å². The Morgan fingerprint density at radius 3 is 2.21 bits per heavy atom. The molecule has 0 spiro atoms. The van der Waals surface area contributed by atoms with Crippen LogP contribution in [0.25, 0.3) is 0 Å². The zero-order chi connectivity index (χ0) is 24.7. The van der Waals surface area contributed by atoms with E-state index in [-0.39, 0.29) is 23.6 Å². The highest BCUT2D eigenvalue weighted by Crippen LogP contribution is 2.26. The van der Waals surface area contributed by atoms with Crippen molar-refractivity contribution in [3.05, 3.63) is 83.9 Å². The fourth-order valence-corrected chi connectivity index (χ4v) is 4.73. The number of amides is 1. The van der Waals surface area contributed by atoms with Crippen LogP contribution < -0.4 is 14.4 Å². The second-order valence-electron chi connectivity index (χ2n) is 7.35. The van der Waals surface area contributed by atoms with E-state index in [1.165, 1.54) is 11.4 Å². The number of ether oxygens (including phenoxy) is 2. The van der Waals surface area contributed by atoms with Gasteiger partial charge in [0.25, 0.3) is 15.9 Å². The van der Waals surface area contributed by atoms with Gasteiger partial charge in [0.2, 0.25) is 0 Å². The number of nitrogens with zero attached hydrogens (tertiary/aromatic N) is 1. The molecule has 0 unspecified atom stereocenters. The van der Waals surface area contributed by atoms with Crippen molar-refractivity contribution in [3.8, 4) is 5.75 Å². The van der Waals surface area contributed by atoms with Crippen molar-refractivity contribution in [2.24, 2.45) is 0 Å². The van der Waals surface area contributed by atoms with Gasteiger partial charge in [0, 0.05) is 6.54 Å². The van der Waals surface area contributed by atoms with Crippen LogP contribution in [0, 0.1) is 6.92 Å². The Kier molecular flexibility index (Phi) is 7.91. The van der Waals surface area contributed by atoms with Crippen molar-refractivity contribution >= 4 is 33.3 Å². The lowest BCUT2D eigenvalue weighted by molar-refractivity contribution is -0.118. The van der Waals surface area contributed by atoms with E-state index in [2.05, 4.69) is 5.32 Å². The standard InChI is InChI=1S/C25H26N2O6S/c1-4-27(34(30,31)21-15-9-18(2)10-16-21)19-11-13-20(14-12-19)33-17-24(28)26-23-8-6-5-7-22(23)25(29)32-3/h5-16H,4,17H2,1-3H3,(H,26,28). The van der Waals surface area contributed by atoms with Crippen molar-refractivity contribution in [3.63, 3.8) is 0 Å². The molecule has 0 bridgehead atoms. The number of hydrogen-bond acceptors (Lipinski definition) is 6. The quantitative estimate of drug-likeness (QED) is 0.462. The second-order valence-corrected chi connectivity index (χ2v) is 9.21. The fourth-order valence-electron chi connectivity index (χ4n) is 3.25. The maximum absolute atomic E-state index is 13.1. The summed E-state index contributed by atoms with van der Waals surface area (Å²) < 4.78 is 37.7. The first-order valence-corrected chi connectivity index (χ1v) is 12.0. The third kappa shape index (κ3) is 5.74. The smallest absolute Gasteiger partial charge is 0.339 e. The summed E-state index contributed by atoms with van der Waals surface area (Å²) in [5.41, 5.74) is 2.00. The van der Waals surface area contributed by atoms with Crippen LogP contribution in [0.1, 0.15) is 22.8 Å². The minimum absolute atomic E-state index is 0.212. The van der Waals surface area contributed by atoms with E-state index in [1.54, 1.807) is 79.7 Å². The number of esters is 1. The number of para-hydroxylation sites is 1. The van der Waals surface area contributed by atoms with Gasteiger partial charge >= 0.3 is 5.97 Å². The molecule has 178 valence electrons. The normalized spacial score (nSPS) is 10.9. The molecule has 3 aromatic rings. The van der Waals surface area contributed by atoms with E-state index in [1.807, 2.05) is 6.92 Å². The third-order valence-corrected chi connectivity index (χ3v) is 6.91. The molecular weight excluding hydrogens is 456 g/mol. The number of methoxy groups -OCH3 is 1. The summed E-state index contributed by atoms with van der Waals surface area (Å²) in [7, 11) is -2.45. The van der Waals surface area contributed by atoms with Crippen molar-refractivity contribution in [1.29, 1.82) is 0 Å². The van der Waals surface area contributed by atoms with Gasteiger partial charge in [-0.15, -0.1) is 0 Å². The summed E-state index contributed by atoms with van der Waals surface area (Å²) in [5, 5.41) is 2.62. The number of carbonyl (C=O) groups excluding carboxylic acids is 2. The molecule has 8 nitrogen and oxygen atoms in total. The van der Waals surface area contributed by atoms with Crippen LogP contribution in [0.2, 0.25) is 0 Å². The van der Waals surface area contributed by atoms with E-state index >= 15 is 0 Å². The third-order valence-electron chi connectivity index (χ3n) is 5.00. The highest BCUT2D eigenvalue weighted by molar-refractivity contribution is 7.92. The molecule has 9 heteroatoms. The predicted octanol–water partition coefficient (Wildman–Crippen LogP) is 4.01. The largest absolute Gasteiger partial charge is 0.484 e. The molecule has 0 saturated carbocycles. The van der Waals surface area contributed by atoms with Crippen molar-refractivity contribution in [2.75, 3.05) is 29.9 Å². The van der Waals surface area contributed by atoms with Gasteiger partial charge in [-0.1, -0.05) is 29.8 Å². The molecule has 1 N–H and O–H groups in total. The lowest BCUT2D eigenvalue weighted by Crippen LogP contribution is -2.30. The minimum Gasteiger partial charge on any atom is -0.484 e. The first-order valence-electron chi connectivity index (χ1n) is 10.6. The highest BCUT2D eigenvalue weighted by Gasteiger charge is 2.23. The summed E-state index contributed by atoms with van der Waals surface area (Å²) >= 11 is 0. The average Bonchev–Trinajstić information content (AvgIpc) is 2.84. The Morgan fingerprint density at radius 2 is 1.59 bits per heavy atom. The fraction of sp³-hybridized carbons (Fsp3) is 0.200. The number of nitrogens with one attached hydrogen (secondary N) is 1. The van der Waals surface area contributed by atoms with Gasteiger partial charge < -0.3 is 14.8 Å². The monoisotopic (exact) mass is 482 g/mol. The number of aryl methyl sites for hydroxylation is 1. The lowest BCUT2D eigenvalue weighted by atomic mass is 10.2. The lowest BCUT2D eigenvalue weighted by Gasteiger charge is -2.23.